The van der Waals surface area contributed by atoms with E-state index in [1.54, 1.807) is 10.6 Å². The number of rotatable bonds is 7. The number of amidine groups is 1. The minimum atomic E-state index is -0.260. The van der Waals surface area contributed by atoms with Gasteiger partial charge in [0.2, 0.25) is 5.91 Å². The van der Waals surface area contributed by atoms with E-state index in [0.717, 1.165) is 16.9 Å². The molecule has 0 aliphatic carbocycles. The lowest BCUT2D eigenvalue weighted by molar-refractivity contribution is -0.118. The number of carbonyl (C=O) groups excluding carboxylic acids is 1. The van der Waals surface area contributed by atoms with Crippen molar-refractivity contribution in [3.8, 4) is 5.75 Å². The van der Waals surface area contributed by atoms with Gasteiger partial charge in [0.25, 0.3) is 5.56 Å². The number of ether oxygens (including phenoxy) is 1. The third-order valence-electron chi connectivity index (χ3n) is 4.97. The predicted molar refractivity (Wildman–Crippen MR) is 126 cm³/mol. The molecule has 7 nitrogen and oxygen atoms in total. The molecule has 1 unspecified atom stereocenters. The smallest absolute Gasteiger partial charge is 0.261 e. The summed E-state index contributed by atoms with van der Waals surface area (Å²) in [6, 6.07) is 14.9. The molecular formula is C22H23ClN4O3S. The number of fused-ring (bicyclic) bond motifs is 1. The van der Waals surface area contributed by atoms with Crippen LogP contribution in [0.25, 0.3) is 10.9 Å². The van der Waals surface area contributed by atoms with Gasteiger partial charge in [0.1, 0.15) is 18.2 Å². The van der Waals surface area contributed by atoms with Crippen LogP contribution in [0, 0.1) is 5.41 Å². The number of amides is 1. The fraction of sp³-hybridized carbons (Fsp3) is 0.273. The summed E-state index contributed by atoms with van der Waals surface area (Å²) in [5.41, 5.74) is 1.68. The molecule has 0 radical (unpaired) electrons. The molecule has 1 aliphatic heterocycles. The van der Waals surface area contributed by atoms with Crippen LogP contribution in [0.2, 0.25) is 0 Å². The second-order valence-electron chi connectivity index (χ2n) is 6.98. The average Bonchev–Trinajstić information content (AvgIpc) is 3.07. The average molecular weight is 459 g/mol. The second-order valence-corrected chi connectivity index (χ2v) is 8.19. The van der Waals surface area contributed by atoms with E-state index in [9.17, 15) is 9.59 Å². The van der Waals surface area contributed by atoms with Crippen LogP contribution in [0.5, 0.6) is 5.75 Å². The summed E-state index contributed by atoms with van der Waals surface area (Å²) in [7, 11) is 0. The zero-order valence-corrected chi connectivity index (χ0v) is 18.6. The fourth-order valence-corrected chi connectivity index (χ4v) is 4.34. The molecular weight excluding hydrogens is 436 g/mol. The standard InChI is InChI=1S/C22H22N4O3S.ClH/c1-2-19-24-17-6-4-3-5-16(17)21(28)26(19)11-12-29-15-9-7-14(8-10-15)13-18-20(27)25-22(23)30-18;/h3-10,18H,2,11-13H2,1H3,(H2,23,25,27);1H. The van der Waals surface area contributed by atoms with Crippen LogP contribution in [0.4, 0.5) is 0 Å². The van der Waals surface area contributed by atoms with Crippen molar-refractivity contribution in [1.29, 1.82) is 5.41 Å². The Kier molecular flexibility index (Phi) is 7.35. The Hall–Kier alpha value is -2.84. The maximum absolute atomic E-state index is 12.8. The number of thioether (sulfide) groups is 1. The highest BCUT2D eigenvalue weighted by Crippen LogP contribution is 2.23. The SMILES string of the molecule is CCc1nc2ccccc2c(=O)n1CCOc1ccc(CC2SC(=N)NC2=O)cc1.Cl. The normalized spacial score (nSPS) is 15.6. The molecule has 31 heavy (non-hydrogen) atoms. The summed E-state index contributed by atoms with van der Waals surface area (Å²) in [4.78, 5) is 29.2. The Morgan fingerprint density at radius 2 is 1.90 bits per heavy atom. The molecule has 1 atom stereocenters. The van der Waals surface area contributed by atoms with Gasteiger partial charge in [-0.05, 0) is 36.2 Å². The molecule has 2 aromatic carbocycles. The molecule has 1 fully saturated rings. The summed E-state index contributed by atoms with van der Waals surface area (Å²) in [5, 5.41) is 10.6. The number of aromatic nitrogens is 2. The molecule has 1 aromatic heterocycles. The number of hydrogen-bond acceptors (Lipinski definition) is 6. The van der Waals surface area contributed by atoms with Gasteiger partial charge in [-0.2, -0.15) is 0 Å². The highest BCUT2D eigenvalue weighted by molar-refractivity contribution is 8.15. The van der Waals surface area contributed by atoms with Crippen LogP contribution in [0.1, 0.15) is 18.3 Å². The zero-order chi connectivity index (χ0) is 21.1. The van der Waals surface area contributed by atoms with Crippen molar-refractivity contribution in [1.82, 2.24) is 14.9 Å². The van der Waals surface area contributed by atoms with E-state index < -0.39 is 0 Å². The van der Waals surface area contributed by atoms with Crippen molar-refractivity contribution in [2.75, 3.05) is 6.61 Å². The summed E-state index contributed by atoms with van der Waals surface area (Å²) in [5.74, 6) is 1.33. The topological polar surface area (TPSA) is 97.1 Å². The lowest BCUT2D eigenvalue weighted by Crippen LogP contribution is -2.27. The van der Waals surface area contributed by atoms with E-state index in [1.807, 2.05) is 49.4 Å². The molecule has 0 bridgehead atoms. The number of hydrogen-bond donors (Lipinski definition) is 2. The van der Waals surface area contributed by atoms with Crippen molar-refractivity contribution in [3.63, 3.8) is 0 Å². The van der Waals surface area contributed by atoms with E-state index in [-0.39, 0.29) is 34.3 Å². The fourth-order valence-electron chi connectivity index (χ4n) is 3.46. The van der Waals surface area contributed by atoms with E-state index in [0.29, 0.717) is 37.1 Å². The quantitative estimate of drug-likeness (QED) is 0.566. The molecule has 1 aliphatic rings. The number of aryl methyl sites for hydroxylation is 1. The van der Waals surface area contributed by atoms with E-state index in [2.05, 4.69) is 10.3 Å². The maximum Gasteiger partial charge on any atom is 0.261 e. The predicted octanol–water partition coefficient (Wildman–Crippen LogP) is 3.17. The molecule has 3 aromatic rings. The third-order valence-corrected chi connectivity index (χ3v) is 5.98. The molecule has 0 spiro atoms. The Morgan fingerprint density at radius 3 is 2.58 bits per heavy atom. The van der Waals surface area contributed by atoms with Gasteiger partial charge in [-0.25, -0.2) is 4.98 Å². The second kappa shape index (κ2) is 9.98. The van der Waals surface area contributed by atoms with Crippen LogP contribution >= 0.6 is 24.2 Å². The molecule has 2 heterocycles. The van der Waals surface area contributed by atoms with Gasteiger partial charge >= 0.3 is 0 Å². The first-order chi connectivity index (χ1) is 14.5. The van der Waals surface area contributed by atoms with Gasteiger partial charge in [0.05, 0.1) is 22.7 Å². The molecule has 1 amide bonds. The van der Waals surface area contributed by atoms with Crippen LogP contribution in [-0.2, 0) is 24.2 Å². The summed E-state index contributed by atoms with van der Waals surface area (Å²) >= 11 is 1.24. The minimum Gasteiger partial charge on any atom is -0.492 e. The van der Waals surface area contributed by atoms with Crippen molar-refractivity contribution in [2.45, 2.75) is 31.6 Å². The summed E-state index contributed by atoms with van der Waals surface area (Å²) in [6.07, 6.45) is 1.23. The molecule has 4 rings (SSSR count). The molecule has 0 saturated carbocycles. The Morgan fingerprint density at radius 1 is 1.16 bits per heavy atom. The first-order valence-corrected chi connectivity index (χ1v) is 10.7. The Balaban J connectivity index is 0.00000272. The van der Waals surface area contributed by atoms with Crippen LogP contribution in [-0.4, -0.2) is 32.5 Å². The van der Waals surface area contributed by atoms with Gasteiger partial charge in [-0.15, -0.1) is 12.4 Å². The van der Waals surface area contributed by atoms with Gasteiger partial charge in [0.15, 0.2) is 5.17 Å². The highest BCUT2D eigenvalue weighted by Gasteiger charge is 2.29. The van der Waals surface area contributed by atoms with E-state index in [1.165, 1.54) is 11.8 Å². The molecule has 9 heteroatoms. The van der Waals surface area contributed by atoms with Crippen LogP contribution < -0.4 is 15.6 Å². The monoisotopic (exact) mass is 458 g/mol. The molecule has 2 N–H and O–H groups in total. The van der Waals surface area contributed by atoms with Crippen LogP contribution in [0.15, 0.2) is 53.3 Å². The van der Waals surface area contributed by atoms with Crippen molar-refractivity contribution in [2.24, 2.45) is 0 Å². The lowest BCUT2D eigenvalue weighted by atomic mass is 10.1. The number of benzene rings is 2. The third kappa shape index (κ3) is 5.08. The highest BCUT2D eigenvalue weighted by atomic mass is 35.5. The largest absolute Gasteiger partial charge is 0.492 e. The van der Waals surface area contributed by atoms with Crippen molar-refractivity contribution >= 4 is 46.1 Å². The number of carbonyl (C=O) groups is 1. The minimum absolute atomic E-state index is 0. The van der Waals surface area contributed by atoms with Gasteiger partial charge < -0.3 is 10.1 Å². The van der Waals surface area contributed by atoms with Gasteiger partial charge in [0, 0.05) is 6.42 Å². The Bertz CT molecular complexity index is 1160. The first kappa shape index (κ1) is 22.8. The van der Waals surface area contributed by atoms with Gasteiger partial charge in [-0.3, -0.25) is 19.6 Å². The number of nitrogens with zero attached hydrogens (tertiary/aromatic N) is 2. The van der Waals surface area contributed by atoms with Crippen molar-refractivity contribution in [3.05, 3.63) is 70.3 Å². The van der Waals surface area contributed by atoms with Gasteiger partial charge in [-0.1, -0.05) is 43.0 Å². The first-order valence-electron chi connectivity index (χ1n) is 9.81. The number of nitrogens with one attached hydrogen (secondary N) is 2. The zero-order valence-electron chi connectivity index (χ0n) is 17.0. The molecule has 162 valence electrons. The summed E-state index contributed by atoms with van der Waals surface area (Å²) < 4.78 is 7.52. The summed E-state index contributed by atoms with van der Waals surface area (Å²) in [6.45, 7) is 2.75. The Labute approximate surface area is 190 Å². The van der Waals surface area contributed by atoms with E-state index in [4.69, 9.17) is 10.1 Å². The number of halogens is 1. The van der Waals surface area contributed by atoms with Crippen LogP contribution in [0.3, 0.4) is 0 Å². The van der Waals surface area contributed by atoms with Crippen molar-refractivity contribution < 1.29 is 9.53 Å². The molecule has 1 saturated heterocycles. The maximum atomic E-state index is 12.8. The lowest BCUT2D eigenvalue weighted by Gasteiger charge is -2.13. The van der Waals surface area contributed by atoms with E-state index >= 15 is 0 Å². The number of para-hydroxylation sites is 1.